The number of hydrogen-bond acceptors (Lipinski definition) is 5. The molecular weight excluding hydrogens is 473 g/mol. The number of imidazole rings is 1. The van der Waals surface area contributed by atoms with Crippen LogP contribution in [0, 0.1) is 17.7 Å². The van der Waals surface area contributed by atoms with E-state index in [1.54, 1.807) is 0 Å². The van der Waals surface area contributed by atoms with Gasteiger partial charge in [-0.2, -0.15) is 18.3 Å². The maximum absolute atomic E-state index is 15.6. The maximum Gasteiger partial charge on any atom is 0.419 e. The first-order valence-corrected chi connectivity index (χ1v) is 10.9. The zero-order chi connectivity index (χ0) is 24.6. The molecule has 4 aromatic rings. The first-order valence-electron chi connectivity index (χ1n) is 10.9. The number of carbonyl (C=O) groups is 1. The second-order valence-electron chi connectivity index (χ2n) is 9.01. The average Bonchev–Trinajstić information content (AvgIpc) is 3.68. The Morgan fingerprint density at radius 2 is 2.00 bits per heavy atom. The molecule has 1 unspecified atom stereocenters. The Bertz CT molecular complexity index is 1490. The predicted octanol–water partition coefficient (Wildman–Crippen LogP) is 4.14. The van der Waals surface area contributed by atoms with Gasteiger partial charge in [-0.05, 0) is 25.2 Å². The van der Waals surface area contributed by atoms with Gasteiger partial charge in [-0.1, -0.05) is 0 Å². The van der Waals surface area contributed by atoms with Gasteiger partial charge in [0, 0.05) is 28.8 Å². The number of nitrogens with zero attached hydrogens (tertiary/aromatic N) is 4. The Kier molecular flexibility index (Phi) is 4.66. The second-order valence-corrected chi connectivity index (χ2v) is 9.01. The fourth-order valence-electron chi connectivity index (χ4n) is 4.45. The van der Waals surface area contributed by atoms with Crippen molar-refractivity contribution in [1.82, 2.24) is 24.6 Å². The van der Waals surface area contributed by atoms with Crippen LogP contribution in [0.1, 0.15) is 36.4 Å². The molecule has 1 aromatic carbocycles. The third-order valence-corrected chi connectivity index (χ3v) is 6.53. The van der Waals surface area contributed by atoms with E-state index in [1.165, 1.54) is 29.2 Å². The van der Waals surface area contributed by atoms with Gasteiger partial charge in [-0.15, -0.1) is 0 Å². The molecule has 2 fully saturated rings. The summed E-state index contributed by atoms with van der Waals surface area (Å²) in [6, 6.07) is -0.904. The van der Waals surface area contributed by atoms with Crippen molar-refractivity contribution in [3.05, 3.63) is 41.7 Å². The van der Waals surface area contributed by atoms with Crippen LogP contribution in [-0.2, 0) is 11.0 Å². The normalized spacial score (nSPS) is 21.0. The van der Waals surface area contributed by atoms with Crippen LogP contribution < -0.4 is 11.1 Å². The molecule has 0 radical (unpaired) electrons. The summed E-state index contributed by atoms with van der Waals surface area (Å²) in [5.74, 6) is -2.72. The fourth-order valence-corrected chi connectivity index (χ4v) is 4.45. The average molecular weight is 491 g/mol. The summed E-state index contributed by atoms with van der Waals surface area (Å²) in [7, 11) is 0. The Morgan fingerprint density at radius 1 is 1.26 bits per heavy atom. The maximum atomic E-state index is 15.6. The van der Waals surface area contributed by atoms with E-state index in [0.29, 0.717) is 12.8 Å². The van der Waals surface area contributed by atoms with Gasteiger partial charge >= 0.3 is 6.18 Å². The lowest BCUT2D eigenvalue weighted by Gasteiger charge is -2.20. The number of hydrogen-bond donors (Lipinski definition) is 3. The van der Waals surface area contributed by atoms with Crippen molar-refractivity contribution in [3.8, 4) is 11.3 Å². The molecule has 2 aliphatic carbocycles. The van der Waals surface area contributed by atoms with Gasteiger partial charge in [0.15, 0.2) is 11.5 Å². The van der Waals surface area contributed by atoms with E-state index < -0.39 is 47.2 Å². The SMILES string of the molecule is NC(c1c(F)c(C(F)(F)F)c(-c2cn3cc(NC(=O)[C@@H]4C[C@@H]4F)nc3cn2)c2cn[nH]c12)C1CC1. The van der Waals surface area contributed by atoms with Gasteiger partial charge in [0.2, 0.25) is 5.91 Å². The van der Waals surface area contributed by atoms with Crippen LogP contribution in [0.4, 0.5) is 27.8 Å². The third kappa shape index (κ3) is 3.61. The highest BCUT2D eigenvalue weighted by atomic mass is 19.4. The predicted molar refractivity (Wildman–Crippen MR) is 114 cm³/mol. The number of carbonyl (C=O) groups excluding carboxylic acids is 1. The molecule has 3 heterocycles. The molecule has 1 amide bonds. The molecule has 2 saturated carbocycles. The zero-order valence-corrected chi connectivity index (χ0v) is 17.9. The summed E-state index contributed by atoms with van der Waals surface area (Å²) in [4.78, 5) is 20.2. The van der Waals surface area contributed by atoms with Crippen molar-refractivity contribution < 1.29 is 26.7 Å². The monoisotopic (exact) mass is 491 g/mol. The number of nitrogens with one attached hydrogen (secondary N) is 2. The van der Waals surface area contributed by atoms with E-state index >= 15 is 4.39 Å². The van der Waals surface area contributed by atoms with E-state index in [0.717, 1.165) is 0 Å². The number of halogens is 5. The van der Waals surface area contributed by atoms with Crippen molar-refractivity contribution in [2.24, 2.45) is 17.6 Å². The summed E-state index contributed by atoms with van der Waals surface area (Å²) in [6.07, 6.45) is 0.340. The van der Waals surface area contributed by atoms with Gasteiger partial charge in [-0.25, -0.2) is 13.8 Å². The molecule has 4 N–H and O–H groups in total. The molecule has 3 atom stereocenters. The van der Waals surface area contributed by atoms with E-state index in [9.17, 15) is 22.4 Å². The first-order chi connectivity index (χ1) is 16.6. The molecule has 13 heteroatoms. The number of anilines is 1. The molecule has 182 valence electrons. The zero-order valence-electron chi connectivity index (χ0n) is 17.9. The van der Waals surface area contributed by atoms with E-state index in [4.69, 9.17) is 5.73 Å². The molecule has 6 rings (SSSR count). The Morgan fingerprint density at radius 3 is 2.66 bits per heavy atom. The topological polar surface area (TPSA) is 114 Å². The quantitative estimate of drug-likeness (QED) is 0.363. The van der Waals surface area contributed by atoms with Crippen LogP contribution in [0.15, 0.2) is 24.8 Å². The molecule has 0 spiro atoms. The Labute approximate surface area is 193 Å². The van der Waals surface area contributed by atoms with Crippen molar-refractivity contribution >= 4 is 28.3 Å². The molecule has 0 bridgehead atoms. The Hall–Kier alpha value is -3.61. The number of alkyl halides is 4. The van der Waals surface area contributed by atoms with Crippen LogP contribution in [0.2, 0.25) is 0 Å². The summed E-state index contributed by atoms with van der Waals surface area (Å²) < 4.78 is 72.7. The number of aromatic nitrogens is 5. The molecular formula is C22H18F5N7O. The largest absolute Gasteiger partial charge is 0.419 e. The highest BCUT2D eigenvalue weighted by Crippen LogP contribution is 2.48. The molecule has 2 aliphatic rings. The van der Waals surface area contributed by atoms with Crippen LogP contribution in [-0.4, -0.2) is 36.6 Å². The number of fused-ring (bicyclic) bond motifs is 2. The highest BCUT2D eigenvalue weighted by molar-refractivity contribution is 5.98. The lowest BCUT2D eigenvalue weighted by molar-refractivity contribution is -0.139. The van der Waals surface area contributed by atoms with Gasteiger partial charge in [0.1, 0.15) is 17.6 Å². The third-order valence-electron chi connectivity index (χ3n) is 6.53. The highest BCUT2D eigenvalue weighted by Gasteiger charge is 2.44. The van der Waals surface area contributed by atoms with Crippen LogP contribution >= 0.6 is 0 Å². The first kappa shape index (κ1) is 21.9. The molecule has 3 aromatic heterocycles. The number of aromatic amines is 1. The second kappa shape index (κ2) is 7.44. The van der Waals surface area contributed by atoms with Gasteiger partial charge < -0.3 is 15.5 Å². The van der Waals surface area contributed by atoms with Gasteiger partial charge in [0.25, 0.3) is 0 Å². The Balaban J connectivity index is 1.50. The van der Waals surface area contributed by atoms with E-state index in [-0.39, 0.29) is 46.0 Å². The van der Waals surface area contributed by atoms with Crippen molar-refractivity contribution in [2.75, 3.05) is 5.32 Å². The van der Waals surface area contributed by atoms with Gasteiger partial charge in [0.05, 0.1) is 35.7 Å². The van der Waals surface area contributed by atoms with Crippen molar-refractivity contribution in [2.45, 2.75) is 37.7 Å². The number of benzene rings is 1. The summed E-state index contributed by atoms with van der Waals surface area (Å²) >= 11 is 0. The van der Waals surface area contributed by atoms with Gasteiger partial charge in [-0.3, -0.25) is 14.9 Å². The number of rotatable bonds is 5. The number of nitrogens with two attached hydrogens (primary N) is 1. The molecule has 8 nitrogen and oxygen atoms in total. The van der Waals surface area contributed by atoms with Crippen LogP contribution in [0.3, 0.4) is 0 Å². The molecule has 35 heavy (non-hydrogen) atoms. The van der Waals surface area contributed by atoms with Crippen LogP contribution in [0.25, 0.3) is 27.8 Å². The summed E-state index contributed by atoms with van der Waals surface area (Å²) in [5.41, 5.74) is 4.08. The summed E-state index contributed by atoms with van der Waals surface area (Å²) in [6.45, 7) is 0. The minimum atomic E-state index is -5.04. The van der Waals surface area contributed by atoms with Crippen LogP contribution in [0.5, 0.6) is 0 Å². The minimum Gasteiger partial charge on any atom is -0.324 e. The summed E-state index contributed by atoms with van der Waals surface area (Å²) in [5, 5.41) is 8.98. The fraction of sp³-hybridized carbons (Fsp3) is 0.364. The smallest absolute Gasteiger partial charge is 0.324 e. The van der Waals surface area contributed by atoms with E-state index in [2.05, 4.69) is 25.5 Å². The van der Waals surface area contributed by atoms with Crippen molar-refractivity contribution in [3.63, 3.8) is 0 Å². The molecule has 0 saturated heterocycles. The lowest BCUT2D eigenvalue weighted by Crippen LogP contribution is -2.20. The van der Waals surface area contributed by atoms with Crippen molar-refractivity contribution in [1.29, 1.82) is 0 Å². The number of amides is 1. The number of H-pyrrole nitrogens is 1. The minimum absolute atomic E-state index is 0.0352. The molecule has 0 aliphatic heterocycles. The standard InChI is InChI=1S/C22H18F5N7O/c23-11-3-9(11)21(35)32-13-7-34-6-12(29-5-14(34)31-13)15-10-4-30-33-20(10)16(19(28)8-1-2-8)18(24)17(15)22(25,26)27/h4-9,11,19H,1-3,28H2,(H,30,33)(H,32,35)/t9-,11+,19?/m1/s1. The van der Waals surface area contributed by atoms with E-state index in [1.807, 2.05) is 0 Å². The lowest BCUT2D eigenvalue weighted by atomic mass is 9.91.